The second-order valence-corrected chi connectivity index (χ2v) is 4.60. The third-order valence-electron chi connectivity index (χ3n) is 2.13. The first-order chi connectivity index (χ1) is 9.24. The normalized spacial score (nSPS) is 17.5. The topological polar surface area (TPSA) is 55.4 Å². The molecule has 1 N–H and O–H groups in total. The van der Waals surface area contributed by atoms with E-state index in [0.717, 1.165) is 18.2 Å². The molecule has 0 aliphatic carbocycles. The maximum absolute atomic E-state index is 13.6. The van der Waals surface area contributed by atoms with Crippen LogP contribution < -0.4 is 10.1 Å². The van der Waals surface area contributed by atoms with Gasteiger partial charge < -0.3 is 4.74 Å². The summed E-state index contributed by atoms with van der Waals surface area (Å²) in [4.78, 5) is 22.1. The Kier molecular flexibility index (Phi) is 3.71. The van der Waals surface area contributed by atoms with Crippen molar-refractivity contribution in [3.8, 4) is 5.75 Å². The highest BCUT2D eigenvalue weighted by Crippen LogP contribution is 2.29. The molecule has 0 aromatic heterocycles. The number of benzene rings is 1. The number of alkyl halides is 3. The standard InChI is InChI=1S/C11H5F4NO3S/c12-7-4-6(19-11(13,14)15)2-1-5(7)3-8-9(17)16-10(18)20-8/h1-4H,(H,16,17,18). The third-order valence-corrected chi connectivity index (χ3v) is 2.94. The monoisotopic (exact) mass is 307 g/mol. The highest BCUT2D eigenvalue weighted by Gasteiger charge is 2.31. The maximum atomic E-state index is 13.6. The van der Waals surface area contributed by atoms with Crippen LogP contribution >= 0.6 is 11.8 Å². The van der Waals surface area contributed by atoms with Crippen LogP contribution in [0.15, 0.2) is 23.1 Å². The first-order valence-corrected chi connectivity index (χ1v) is 5.86. The number of hydrogen-bond acceptors (Lipinski definition) is 4. The van der Waals surface area contributed by atoms with Crippen LogP contribution in [-0.2, 0) is 4.79 Å². The van der Waals surface area contributed by atoms with Gasteiger partial charge in [0.2, 0.25) is 0 Å². The van der Waals surface area contributed by atoms with E-state index in [1.807, 2.05) is 5.32 Å². The number of rotatable bonds is 2. The van der Waals surface area contributed by atoms with Crippen LogP contribution in [0.5, 0.6) is 5.75 Å². The average molecular weight is 307 g/mol. The van der Waals surface area contributed by atoms with Crippen molar-refractivity contribution in [1.82, 2.24) is 5.32 Å². The van der Waals surface area contributed by atoms with E-state index in [1.54, 1.807) is 0 Å². The van der Waals surface area contributed by atoms with Gasteiger partial charge in [-0.05, 0) is 30.0 Å². The zero-order chi connectivity index (χ0) is 14.9. The van der Waals surface area contributed by atoms with Crippen LogP contribution in [0.25, 0.3) is 6.08 Å². The smallest absolute Gasteiger partial charge is 0.406 e. The van der Waals surface area contributed by atoms with E-state index < -0.39 is 29.1 Å². The Hall–Kier alpha value is -2.03. The van der Waals surface area contributed by atoms with Crippen molar-refractivity contribution in [2.75, 3.05) is 0 Å². The second-order valence-electron chi connectivity index (χ2n) is 3.58. The molecular weight excluding hydrogens is 302 g/mol. The zero-order valence-electron chi connectivity index (χ0n) is 9.45. The van der Waals surface area contributed by atoms with Crippen LogP contribution in [0, 0.1) is 5.82 Å². The van der Waals surface area contributed by atoms with E-state index in [0.29, 0.717) is 17.8 Å². The summed E-state index contributed by atoms with van der Waals surface area (Å²) < 4.78 is 53.0. The Bertz CT molecular complexity index is 612. The van der Waals surface area contributed by atoms with E-state index in [1.165, 1.54) is 0 Å². The minimum atomic E-state index is -4.92. The van der Waals surface area contributed by atoms with E-state index >= 15 is 0 Å². The lowest BCUT2D eigenvalue weighted by Crippen LogP contribution is -2.18. The molecule has 1 heterocycles. The van der Waals surface area contributed by atoms with Crippen molar-refractivity contribution in [2.24, 2.45) is 0 Å². The molecule has 0 bridgehead atoms. The number of nitrogens with one attached hydrogen (secondary N) is 1. The quantitative estimate of drug-likeness (QED) is 0.674. The highest BCUT2D eigenvalue weighted by atomic mass is 32.2. The minimum Gasteiger partial charge on any atom is -0.406 e. The van der Waals surface area contributed by atoms with E-state index in [9.17, 15) is 27.2 Å². The number of halogens is 4. The second kappa shape index (κ2) is 5.16. The number of amides is 2. The van der Waals surface area contributed by atoms with Crippen LogP contribution in [-0.4, -0.2) is 17.5 Å². The zero-order valence-corrected chi connectivity index (χ0v) is 10.3. The maximum Gasteiger partial charge on any atom is 0.573 e. The van der Waals surface area contributed by atoms with Gasteiger partial charge in [0.05, 0.1) is 4.91 Å². The Labute approximate surface area is 113 Å². The number of hydrogen-bond donors (Lipinski definition) is 1. The van der Waals surface area contributed by atoms with Gasteiger partial charge in [-0.15, -0.1) is 13.2 Å². The summed E-state index contributed by atoms with van der Waals surface area (Å²) in [7, 11) is 0. The van der Waals surface area contributed by atoms with Gasteiger partial charge in [0.1, 0.15) is 11.6 Å². The molecule has 4 nitrogen and oxygen atoms in total. The summed E-state index contributed by atoms with van der Waals surface area (Å²) in [6, 6.07) is 2.46. The summed E-state index contributed by atoms with van der Waals surface area (Å²) in [6.07, 6.45) is -3.85. The van der Waals surface area contributed by atoms with Crippen LogP contribution in [0.2, 0.25) is 0 Å². The summed E-state index contributed by atoms with van der Waals surface area (Å²) >= 11 is 0.575. The molecule has 1 aliphatic heterocycles. The highest BCUT2D eigenvalue weighted by molar-refractivity contribution is 8.18. The van der Waals surface area contributed by atoms with Gasteiger partial charge in [0, 0.05) is 11.6 Å². The Morgan fingerprint density at radius 3 is 2.45 bits per heavy atom. The molecule has 9 heteroatoms. The number of thioether (sulfide) groups is 1. The van der Waals surface area contributed by atoms with Gasteiger partial charge in [0.25, 0.3) is 11.1 Å². The fourth-order valence-corrected chi connectivity index (χ4v) is 2.06. The molecule has 1 fully saturated rings. The van der Waals surface area contributed by atoms with Crippen LogP contribution in [0.4, 0.5) is 22.4 Å². The molecule has 106 valence electrons. The lowest BCUT2D eigenvalue weighted by atomic mass is 10.2. The molecule has 0 saturated carbocycles. The molecule has 0 radical (unpaired) electrons. The number of carbonyl (C=O) groups is 2. The van der Waals surface area contributed by atoms with Gasteiger partial charge in [-0.25, -0.2) is 4.39 Å². The Balaban J connectivity index is 2.25. The molecule has 20 heavy (non-hydrogen) atoms. The first kappa shape index (κ1) is 14.4. The fourth-order valence-electron chi connectivity index (χ4n) is 1.38. The van der Waals surface area contributed by atoms with Gasteiger partial charge in [-0.3, -0.25) is 14.9 Å². The first-order valence-electron chi connectivity index (χ1n) is 5.05. The van der Waals surface area contributed by atoms with Crippen molar-refractivity contribution in [2.45, 2.75) is 6.36 Å². The molecule has 2 amide bonds. The molecule has 0 spiro atoms. The molecule has 0 unspecified atom stereocenters. The van der Waals surface area contributed by atoms with Gasteiger partial charge in [-0.2, -0.15) is 0 Å². The Morgan fingerprint density at radius 2 is 1.95 bits per heavy atom. The summed E-state index contributed by atoms with van der Waals surface area (Å²) in [5.74, 6) is -2.40. The molecular formula is C11H5F4NO3S. The lowest BCUT2D eigenvalue weighted by molar-refractivity contribution is -0.274. The molecule has 1 aromatic rings. The van der Waals surface area contributed by atoms with Crippen molar-refractivity contribution < 1.29 is 31.9 Å². The lowest BCUT2D eigenvalue weighted by Gasteiger charge is -2.09. The minimum absolute atomic E-state index is 0.0432. The van der Waals surface area contributed by atoms with Crippen LogP contribution in [0.3, 0.4) is 0 Å². The third kappa shape index (κ3) is 3.50. The fraction of sp³-hybridized carbons (Fsp3) is 0.0909. The number of carbonyl (C=O) groups excluding carboxylic acids is 2. The Morgan fingerprint density at radius 1 is 1.25 bits per heavy atom. The summed E-state index contributed by atoms with van der Waals surface area (Å²) in [5.41, 5.74) is -0.133. The molecule has 1 saturated heterocycles. The van der Waals surface area contributed by atoms with Gasteiger partial charge >= 0.3 is 6.36 Å². The molecule has 1 aliphatic rings. The molecule has 2 rings (SSSR count). The van der Waals surface area contributed by atoms with Crippen LogP contribution in [0.1, 0.15) is 5.56 Å². The van der Waals surface area contributed by atoms with E-state index in [-0.39, 0.29) is 10.5 Å². The van der Waals surface area contributed by atoms with Gasteiger partial charge in [0.15, 0.2) is 0 Å². The van der Waals surface area contributed by atoms with E-state index in [2.05, 4.69) is 4.74 Å². The van der Waals surface area contributed by atoms with Crippen molar-refractivity contribution in [1.29, 1.82) is 0 Å². The van der Waals surface area contributed by atoms with E-state index in [4.69, 9.17) is 0 Å². The van der Waals surface area contributed by atoms with Crippen molar-refractivity contribution in [3.05, 3.63) is 34.5 Å². The molecule has 0 atom stereocenters. The van der Waals surface area contributed by atoms with Crippen molar-refractivity contribution in [3.63, 3.8) is 0 Å². The SMILES string of the molecule is O=C1NC(=O)C(=Cc2ccc(OC(F)(F)F)cc2F)S1. The van der Waals surface area contributed by atoms with Crippen molar-refractivity contribution >= 4 is 29.0 Å². The molecule has 1 aromatic carbocycles. The average Bonchev–Trinajstić information content (AvgIpc) is 2.59. The summed E-state index contributed by atoms with van der Waals surface area (Å²) in [5, 5.41) is 1.37. The van der Waals surface area contributed by atoms with Gasteiger partial charge in [-0.1, -0.05) is 0 Å². The number of imide groups is 1. The largest absolute Gasteiger partial charge is 0.573 e. The summed E-state index contributed by atoms with van der Waals surface area (Å²) in [6.45, 7) is 0. The predicted octanol–water partition coefficient (Wildman–Crippen LogP) is 3.05. The predicted molar refractivity (Wildman–Crippen MR) is 62.2 cm³/mol. The number of ether oxygens (including phenoxy) is 1.